The van der Waals surface area contributed by atoms with Gasteiger partial charge in [-0.2, -0.15) is 0 Å². The molecule has 0 spiro atoms. The number of hydrogen-bond acceptors (Lipinski definition) is 5. The summed E-state index contributed by atoms with van der Waals surface area (Å²) in [6, 6.07) is 0. The molecule has 0 saturated carbocycles. The summed E-state index contributed by atoms with van der Waals surface area (Å²) in [4.78, 5) is 52.8. The number of aromatic amines is 1. The third kappa shape index (κ3) is 4.39. The molecule has 0 aromatic carbocycles. The number of carbonyl (C=O) groups is 4. The molecular weight excluding hydrogens is 336 g/mol. The normalized spacial score (nSPS) is 16.2. The van der Waals surface area contributed by atoms with Gasteiger partial charge in [0.1, 0.15) is 6.54 Å². The number of nitrogens with zero attached hydrogens (tertiary/aromatic N) is 1. The summed E-state index contributed by atoms with van der Waals surface area (Å²) >= 11 is 0. The van der Waals surface area contributed by atoms with E-state index in [0.717, 1.165) is 19.3 Å². The number of rotatable bonds is 6. The summed E-state index contributed by atoms with van der Waals surface area (Å²) in [5, 5.41) is 0. The molecule has 1 aromatic heterocycles. The van der Waals surface area contributed by atoms with Crippen LogP contribution >= 0.6 is 0 Å². The van der Waals surface area contributed by atoms with Crippen molar-refractivity contribution in [1.29, 1.82) is 0 Å². The van der Waals surface area contributed by atoms with Gasteiger partial charge in [0.05, 0.1) is 5.69 Å². The maximum absolute atomic E-state index is 12.6. The number of esters is 1. The lowest BCUT2D eigenvalue weighted by molar-refractivity contribution is -0.151. The van der Waals surface area contributed by atoms with Gasteiger partial charge in [-0.15, -0.1) is 0 Å². The van der Waals surface area contributed by atoms with Crippen molar-refractivity contribution in [2.24, 2.45) is 0 Å². The first-order valence-corrected chi connectivity index (χ1v) is 8.94. The number of amides is 1. The van der Waals surface area contributed by atoms with E-state index in [1.807, 2.05) is 0 Å². The summed E-state index contributed by atoms with van der Waals surface area (Å²) in [5.74, 6) is -1.18. The number of nitrogens with one attached hydrogen (secondary N) is 1. The number of aryl methyl sites for hydroxylation is 1. The number of likely N-dealkylation sites (tertiary alicyclic amines) is 1. The Morgan fingerprint density at radius 2 is 1.88 bits per heavy atom. The fourth-order valence-electron chi connectivity index (χ4n) is 3.38. The van der Waals surface area contributed by atoms with E-state index in [1.165, 1.54) is 18.7 Å². The van der Waals surface area contributed by atoms with E-state index in [4.69, 9.17) is 4.74 Å². The van der Waals surface area contributed by atoms with Gasteiger partial charge in [0, 0.05) is 24.2 Å². The second-order valence-electron chi connectivity index (χ2n) is 6.80. The average molecular weight is 362 g/mol. The number of ketones is 2. The van der Waals surface area contributed by atoms with Gasteiger partial charge >= 0.3 is 5.97 Å². The summed E-state index contributed by atoms with van der Waals surface area (Å²) in [6.07, 6.45) is 2.11. The van der Waals surface area contributed by atoms with Crippen molar-refractivity contribution in [3.8, 4) is 0 Å². The first-order chi connectivity index (χ1) is 12.2. The summed E-state index contributed by atoms with van der Waals surface area (Å²) < 4.78 is 5.24. The lowest BCUT2D eigenvalue weighted by Crippen LogP contribution is -2.38. The van der Waals surface area contributed by atoms with Gasteiger partial charge < -0.3 is 14.6 Å². The Bertz CT molecular complexity index is 735. The van der Waals surface area contributed by atoms with Gasteiger partial charge in [0.15, 0.2) is 11.9 Å². The zero-order chi connectivity index (χ0) is 19.4. The number of H-pyrrole nitrogens is 1. The molecule has 1 aliphatic heterocycles. The minimum absolute atomic E-state index is 0.0552. The number of aromatic nitrogens is 1. The first-order valence-electron chi connectivity index (χ1n) is 8.94. The molecule has 1 fully saturated rings. The van der Waals surface area contributed by atoms with Gasteiger partial charge in [0.2, 0.25) is 11.7 Å². The van der Waals surface area contributed by atoms with Gasteiger partial charge in [-0.05, 0) is 46.1 Å². The lowest BCUT2D eigenvalue weighted by Gasteiger charge is -2.20. The largest absolute Gasteiger partial charge is 0.453 e. The molecule has 0 unspecified atom stereocenters. The Labute approximate surface area is 153 Å². The fraction of sp³-hybridized carbons (Fsp3) is 0.579. The second kappa shape index (κ2) is 8.29. The van der Waals surface area contributed by atoms with Crippen molar-refractivity contribution in [2.45, 2.75) is 59.5 Å². The Morgan fingerprint density at radius 1 is 1.19 bits per heavy atom. The monoisotopic (exact) mass is 362 g/mol. The molecular formula is C19H26N2O5. The predicted molar refractivity (Wildman–Crippen MR) is 95.2 cm³/mol. The van der Waals surface area contributed by atoms with Crippen LogP contribution in [0, 0.1) is 13.8 Å². The summed E-state index contributed by atoms with van der Waals surface area (Å²) in [6.45, 7) is 6.75. The van der Waals surface area contributed by atoms with Crippen molar-refractivity contribution in [3.63, 3.8) is 0 Å². The van der Waals surface area contributed by atoms with Crippen molar-refractivity contribution in [2.75, 3.05) is 13.1 Å². The van der Waals surface area contributed by atoms with E-state index in [9.17, 15) is 19.2 Å². The molecule has 1 atom stereocenters. The molecule has 1 aliphatic rings. The Morgan fingerprint density at radius 3 is 2.50 bits per heavy atom. The van der Waals surface area contributed by atoms with E-state index < -0.39 is 17.9 Å². The molecule has 1 N–H and O–H groups in total. The molecule has 1 saturated heterocycles. The van der Waals surface area contributed by atoms with Crippen LogP contribution in [-0.2, 0) is 14.3 Å². The molecule has 7 nitrogen and oxygen atoms in total. The summed E-state index contributed by atoms with van der Waals surface area (Å²) in [5.41, 5.74) is 1.94. The van der Waals surface area contributed by atoms with E-state index in [-0.39, 0.29) is 23.9 Å². The van der Waals surface area contributed by atoms with E-state index in [1.54, 1.807) is 13.8 Å². The highest BCUT2D eigenvalue weighted by molar-refractivity contribution is 6.05. The molecule has 1 amide bonds. The average Bonchev–Trinajstić information content (AvgIpc) is 2.71. The molecule has 1 aromatic rings. The van der Waals surface area contributed by atoms with Crippen LogP contribution in [0.25, 0.3) is 0 Å². The van der Waals surface area contributed by atoms with Crippen LogP contribution in [0.15, 0.2) is 0 Å². The number of Topliss-reactive ketones (excluding diaryl/α,β-unsaturated/α-hetero) is 2. The SMILES string of the molecule is CC(=O)c1c(C)[nH]c(C(=O)[C@@H](C)OC(=O)CN2CCCCCC2=O)c1C. The predicted octanol–water partition coefficient (Wildman–Crippen LogP) is 2.35. The Balaban J connectivity index is 2.02. The van der Waals surface area contributed by atoms with Crippen LogP contribution in [0.5, 0.6) is 0 Å². The van der Waals surface area contributed by atoms with Gasteiger partial charge in [-0.3, -0.25) is 19.2 Å². The molecule has 26 heavy (non-hydrogen) atoms. The van der Waals surface area contributed by atoms with E-state index >= 15 is 0 Å². The Hall–Kier alpha value is -2.44. The minimum Gasteiger partial charge on any atom is -0.453 e. The van der Waals surface area contributed by atoms with Gasteiger partial charge in [0.25, 0.3) is 0 Å². The van der Waals surface area contributed by atoms with Crippen LogP contribution in [-0.4, -0.2) is 52.5 Å². The molecule has 2 heterocycles. The highest BCUT2D eigenvalue weighted by Gasteiger charge is 2.27. The molecule has 0 radical (unpaired) electrons. The lowest BCUT2D eigenvalue weighted by atomic mass is 10.0. The molecule has 0 bridgehead atoms. The zero-order valence-electron chi connectivity index (χ0n) is 15.8. The van der Waals surface area contributed by atoms with Crippen LogP contribution in [0.2, 0.25) is 0 Å². The molecule has 142 valence electrons. The van der Waals surface area contributed by atoms with Gasteiger partial charge in [-0.25, -0.2) is 0 Å². The maximum Gasteiger partial charge on any atom is 0.326 e. The van der Waals surface area contributed by atoms with Crippen LogP contribution < -0.4 is 0 Å². The second-order valence-corrected chi connectivity index (χ2v) is 6.80. The standard InChI is InChI=1S/C19H26N2O5/c1-11-17(13(3)22)12(2)20-18(11)19(25)14(4)26-16(24)10-21-9-7-5-6-8-15(21)23/h14,20H,5-10H2,1-4H3/t14-/m1/s1. The zero-order valence-corrected chi connectivity index (χ0v) is 15.8. The number of ether oxygens (including phenoxy) is 1. The van der Waals surface area contributed by atoms with Crippen molar-refractivity contribution < 1.29 is 23.9 Å². The van der Waals surface area contributed by atoms with Crippen molar-refractivity contribution >= 4 is 23.4 Å². The smallest absolute Gasteiger partial charge is 0.326 e. The van der Waals surface area contributed by atoms with Crippen LogP contribution in [0.3, 0.4) is 0 Å². The van der Waals surface area contributed by atoms with Crippen LogP contribution in [0.4, 0.5) is 0 Å². The quantitative estimate of drug-likeness (QED) is 0.619. The van der Waals surface area contributed by atoms with Gasteiger partial charge in [-0.1, -0.05) is 6.42 Å². The highest BCUT2D eigenvalue weighted by Crippen LogP contribution is 2.20. The van der Waals surface area contributed by atoms with Crippen LogP contribution in [0.1, 0.15) is 71.6 Å². The fourth-order valence-corrected chi connectivity index (χ4v) is 3.38. The molecule has 0 aliphatic carbocycles. The summed E-state index contributed by atoms with van der Waals surface area (Å²) in [7, 11) is 0. The number of carbonyl (C=O) groups excluding carboxylic acids is 4. The topological polar surface area (TPSA) is 96.5 Å². The van der Waals surface area contributed by atoms with E-state index in [0.29, 0.717) is 29.8 Å². The number of hydrogen-bond donors (Lipinski definition) is 1. The third-order valence-corrected chi connectivity index (χ3v) is 4.70. The van der Waals surface area contributed by atoms with Crippen molar-refractivity contribution in [1.82, 2.24) is 9.88 Å². The minimum atomic E-state index is -0.999. The van der Waals surface area contributed by atoms with Crippen molar-refractivity contribution in [3.05, 3.63) is 22.5 Å². The maximum atomic E-state index is 12.6. The first kappa shape index (κ1) is 19.9. The molecule has 2 rings (SSSR count). The molecule has 7 heteroatoms. The third-order valence-electron chi connectivity index (χ3n) is 4.70. The van der Waals surface area contributed by atoms with E-state index in [2.05, 4.69) is 4.98 Å². The highest BCUT2D eigenvalue weighted by atomic mass is 16.5. The Kier molecular flexibility index (Phi) is 6.34.